The summed E-state index contributed by atoms with van der Waals surface area (Å²) in [6.45, 7) is 5.88. The number of hydrogen-bond donors (Lipinski definition) is 3. The van der Waals surface area contributed by atoms with Gasteiger partial charge in [0, 0.05) is 19.7 Å². The predicted molar refractivity (Wildman–Crippen MR) is 66.4 cm³/mol. The van der Waals surface area contributed by atoms with E-state index in [4.69, 9.17) is 9.84 Å². The molecule has 0 aromatic rings. The van der Waals surface area contributed by atoms with Crippen LogP contribution in [0.5, 0.6) is 0 Å². The van der Waals surface area contributed by atoms with Crippen LogP contribution in [0, 0.1) is 11.3 Å². The molecule has 0 bridgehead atoms. The standard InChI is InChI=1S/C12H22N2O4/c1-9(2)7-18-6-5-13-11(17)14-8-12(3-4-12)10(15)16/h9H,3-8H2,1-2H3,(H,15,16)(H2,13,14,17). The van der Waals surface area contributed by atoms with E-state index in [-0.39, 0.29) is 12.6 Å². The second kappa shape index (κ2) is 6.58. The Kier molecular flexibility index (Phi) is 5.40. The summed E-state index contributed by atoms with van der Waals surface area (Å²) in [5.41, 5.74) is -0.717. The molecule has 0 unspecified atom stereocenters. The SMILES string of the molecule is CC(C)COCCNC(=O)NCC1(C(=O)O)CC1. The highest BCUT2D eigenvalue weighted by Gasteiger charge is 2.50. The van der Waals surface area contributed by atoms with Crippen molar-refractivity contribution in [2.75, 3.05) is 26.3 Å². The van der Waals surface area contributed by atoms with Gasteiger partial charge in [-0.3, -0.25) is 4.79 Å². The summed E-state index contributed by atoms with van der Waals surface area (Å²) in [6, 6.07) is -0.337. The van der Waals surface area contributed by atoms with Crippen LogP contribution in [0.1, 0.15) is 26.7 Å². The lowest BCUT2D eigenvalue weighted by Crippen LogP contribution is -2.41. The van der Waals surface area contributed by atoms with E-state index < -0.39 is 11.4 Å². The molecule has 0 aromatic heterocycles. The second-order valence-corrected chi connectivity index (χ2v) is 5.16. The number of nitrogens with one attached hydrogen (secondary N) is 2. The van der Waals surface area contributed by atoms with E-state index in [0.717, 1.165) is 0 Å². The van der Waals surface area contributed by atoms with Crippen molar-refractivity contribution in [1.29, 1.82) is 0 Å². The van der Waals surface area contributed by atoms with Crippen LogP contribution in [0.25, 0.3) is 0 Å². The molecular formula is C12H22N2O4. The fourth-order valence-corrected chi connectivity index (χ4v) is 1.48. The molecule has 2 amide bonds. The van der Waals surface area contributed by atoms with E-state index in [1.54, 1.807) is 0 Å². The van der Waals surface area contributed by atoms with E-state index in [1.807, 2.05) is 0 Å². The second-order valence-electron chi connectivity index (χ2n) is 5.16. The fourth-order valence-electron chi connectivity index (χ4n) is 1.48. The fraction of sp³-hybridized carbons (Fsp3) is 0.833. The lowest BCUT2D eigenvalue weighted by atomic mass is 10.1. The van der Waals surface area contributed by atoms with Gasteiger partial charge in [-0.2, -0.15) is 0 Å². The van der Waals surface area contributed by atoms with Gasteiger partial charge in [-0.05, 0) is 18.8 Å². The Hall–Kier alpha value is -1.30. The molecule has 1 rings (SSSR count). The van der Waals surface area contributed by atoms with Crippen molar-refractivity contribution in [3.05, 3.63) is 0 Å². The first kappa shape index (κ1) is 14.8. The zero-order valence-electron chi connectivity index (χ0n) is 11.0. The van der Waals surface area contributed by atoms with Crippen LogP contribution in [0.4, 0.5) is 4.79 Å². The van der Waals surface area contributed by atoms with Crippen molar-refractivity contribution in [2.45, 2.75) is 26.7 Å². The number of carboxylic acid groups (broad SMARTS) is 1. The topological polar surface area (TPSA) is 87.7 Å². The Morgan fingerprint density at radius 2 is 2.00 bits per heavy atom. The summed E-state index contributed by atoms with van der Waals surface area (Å²) >= 11 is 0. The average Bonchev–Trinajstić information content (AvgIpc) is 3.06. The highest BCUT2D eigenvalue weighted by Crippen LogP contribution is 2.45. The maximum atomic E-state index is 11.4. The van der Waals surface area contributed by atoms with Crippen molar-refractivity contribution in [1.82, 2.24) is 10.6 Å². The number of amides is 2. The molecule has 104 valence electrons. The first-order valence-corrected chi connectivity index (χ1v) is 6.29. The normalized spacial score (nSPS) is 16.4. The Labute approximate surface area is 107 Å². The Bertz CT molecular complexity index is 300. The molecule has 0 heterocycles. The minimum absolute atomic E-state index is 0.195. The average molecular weight is 258 g/mol. The summed E-state index contributed by atoms with van der Waals surface area (Å²) < 4.78 is 5.30. The molecule has 18 heavy (non-hydrogen) atoms. The maximum absolute atomic E-state index is 11.4. The van der Waals surface area contributed by atoms with Crippen LogP contribution >= 0.6 is 0 Å². The molecule has 0 aliphatic heterocycles. The van der Waals surface area contributed by atoms with Gasteiger partial charge >= 0.3 is 12.0 Å². The van der Waals surface area contributed by atoms with Crippen molar-refractivity contribution in [2.24, 2.45) is 11.3 Å². The minimum atomic E-state index is -0.830. The number of ether oxygens (including phenoxy) is 1. The maximum Gasteiger partial charge on any atom is 0.314 e. The summed E-state index contributed by atoms with van der Waals surface area (Å²) in [5.74, 6) is -0.354. The molecule has 1 aliphatic carbocycles. The number of carboxylic acids is 1. The smallest absolute Gasteiger partial charge is 0.314 e. The molecule has 6 heteroatoms. The lowest BCUT2D eigenvalue weighted by molar-refractivity contribution is -0.143. The zero-order chi connectivity index (χ0) is 13.6. The van der Waals surface area contributed by atoms with Crippen molar-refractivity contribution >= 4 is 12.0 Å². The van der Waals surface area contributed by atoms with Gasteiger partial charge in [0.05, 0.1) is 12.0 Å². The Balaban J connectivity index is 2.03. The van der Waals surface area contributed by atoms with Gasteiger partial charge in [0.15, 0.2) is 0 Å². The van der Waals surface area contributed by atoms with Gasteiger partial charge in [-0.15, -0.1) is 0 Å². The quantitative estimate of drug-likeness (QED) is 0.562. The van der Waals surface area contributed by atoms with Crippen molar-refractivity contribution in [3.8, 4) is 0 Å². The minimum Gasteiger partial charge on any atom is -0.481 e. The van der Waals surface area contributed by atoms with Gasteiger partial charge in [-0.25, -0.2) is 4.79 Å². The predicted octanol–water partition coefficient (Wildman–Crippen LogP) is 0.823. The molecule has 0 spiro atoms. The van der Waals surface area contributed by atoms with Gasteiger partial charge in [-0.1, -0.05) is 13.8 Å². The highest BCUT2D eigenvalue weighted by atomic mass is 16.5. The van der Waals surface area contributed by atoms with Crippen LogP contribution in [-0.4, -0.2) is 43.4 Å². The third-order valence-corrected chi connectivity index (χ3v) is 2.88. The molecule has 1 fully saturated rings. The van der Waals surface area contributed by atoms with E-state index >= 15 is 0 Å². The van der Waals surface area contributed by atoms with Crippen LogP contribution in [0.2, 0.25) is 0 Å². The summed E-state index contributed by atoms with van der Waals surface area (Å²) in [6.07, 6.45) is 1.28. The van der Waals surface area contributed by atoms with Gasteiger partial charge in [0.1, 0.15) is 0 Å². The lowest BCUT2D eigenvalue weighted by Gasteiger charge is -2.12. The summed E-state index contributed by atoms with van der Waals surface area (Å²) in [4.78, 5) is 22.2. The third-order valence-electron chi connectivity index (χ3n) is 2.88. The van der Waals surface area contributed by atoms with Crippen LogP contribution in [0.15, 0.2) is 0 Å². The number of carbonyl (C=O) groups is 2. The zero-order valence-corrected chi connectivity index (χ0v) is 11.0. The van der Waals surface area contributed by atoms with Gasteiger partial charge in [0.2, 0.25) is 0 Å². The van der Waals surface area contributed by atoms with Crippen molar-refractivity contribution < 1.29 is 19.4 Å². The van der Waals surface area contributed by atoms with E-state index in [2.05, 4.69) is 24.5 Å². The number of aliphatic carboxylic acids is 1. The molecule has 0 saturated heterocycles. The van der Waals surface area contributed by atoms with E-state index in [1.165, 1.54) is 0 Å². The number of hydrogen-bond acceptors (Lipinski definition) is 3. The number of rotatable bonds is 8. The van der Waals surface area contributed by atoms with E-state index in [0.29, 0.717) is 38.5 Å². The Morgan fingerprint density at radius 1 is 1.33 bits per heavy atom. The first-order valence-electron chi connectivity index (χ1n) is 6.29. The molecule has 0 radical (unpaired) electrons. The third kappa shape index (κ3) is 4.91. The van der Waals surface area contributed by atoms with Gasteiger partial charge in [0.25, 0.3) is 0 Å². The van der Waals surface area contributed by atoms with Gasteiger partial charge < -0.3 is 20.5 Å². The summed E-state index contributed by atoms with van der Waals surface area (Å²) in [7, 11) is 0. The molecule has 3 N–H and O–H groups in total. The van der Waals surface area contributed by atoms with Crippen LogP contribution < -0.4 is 10.6 Å². The number of carbonyl (C=O) groups excluding carboxylic acids is 1. The Morgan fingerprint density at radius 3 is 2.50 bits per heavy atom. The molecule has 0 atom stereocenters. The molecule has 6 nitrogen and oxygen atoms in total. The van der Waals surface area contributed by atoms with Crippen molar-refractivity contribution in [3.63, 3.8) is 0 Å². The largest absolute Gasteiger partial charge is 0.481 e. The van der Waals surface area contributed by atoms with E-state index in [9.17, 15) is 9.59 Å². The number of urea groups is 1. The first-order chi connectivity index (χ1) is 8.46. The van der Waals surface area contributed by atoms with Crippen LogP contribution in [-0.2, 0) is 9.53 Å². The van der Waals surface area contributed by atoms with Crippen LogP contribution in [0.3, 0.4) is 0 Å². The molecule has 1 saturated carbocycles. The highest BCUT2D eigenvalue weighted by molar-refractivity contribution is 5.80. The summed E-state index contributed by atoms with van der Waals surface area (Å²) in [5, 5.41) is 14.1. The molecular weight excluding hydrogens is 236 g/mol. The molecule has 1 aliphatic rings. The monoisotopic (exact) mass is 258 g/mol. The molecule has 0 aromatic carbocycles.